The molecule has 1 atom stereocenters. The molecule has 1 aromatic heterocycles. The summed E-state index contributed by atoms with van der Waals surface area (Å²) in [5.41, 5.74) is 0.512. The molecule has 0 saturated carbocycles. The van der Waals surface area contributed by atoms with Gasteiger partial charge in [-0.05, 0) is 36.6 Å². The van der Waals surface area contributed by atoms with Gasteiger partial charge in [0.05, 0.1) is 7.11 Å². The molecule has 2 N–H and O–H groups in total. The summed E-state index contributed by atoms with van der Waals surface area (Å²) in [5, 5.41) is 5.94. The van der Waals surface area contributed by atoms with Crippen molar-refractivity contribution >= 4 is 28.7 Å². The molecule has 128 valence electrons. The largest absolute Gasteiger partial charge is 0.467 e. The minimum atomic E-state index is -0.714. The molecule has 24 heavy (non-hydrogen) atoms. The van der Waals surface area contributed by atoms with E-state index in [2.05, 4.69) is 10.6 Å². The third-order valence-electron chi connectivity index (χ3n) is 3.38. The first-order valence-electron chi connectivity index (χ1n) is 7.58. The third kappa shape index (κ3) is 4.58. The van der Waals surface area contributed by atoms with E-state index in [1.807, 2.05) is 13.8 Å². The molecule has 2 aromatic rings. The number of carbonyl (C=O) groups excluding carboxylic acids is 2. The molecule has 0 aliphatic carbocycles. The van der Waals surface area contributed by atoms with E-state index in [-0.39, 0.29) is 5.92 Å². The molecule has 2 amide bonds. The smallest absolute Gasteiger partial charge is 0.336 e. The molecular formula is C17H20N2O5. The number of anilines is 1. The van der Waals surface area contributed by atoms with Gasteiger partial charge in [-0.2, -0.15) is 0 Å². The Hall–Kier alpha value is -2.83. The molecular weight excluding hydrogens is 312 g/mol. The number of ether oxygens (including phenoxy) is 1. The first-order valence-corrected chi connectivity index (χ1v) is 7.58. The van der Waals surface area contributed by atoms with Crippen LogP contribution in [0.2, 0.25) is 0 Å². The second-order valence-electron chi connectivity index (χ2n) is 5.81. The summed E-state index contributed by atoms with van der Waals surface area (Å²) in [4.78, 5) is 35.0. The van der Waals surface area contributed by atoms with Crippen LogP contribution < -0.4 is 16.3 Å². The summed E-state index contributed by atoms with van der Waals surface area (Å²) in [6.45, 7) is 3.90. The van der Waals surface area contributed by atoms with Gasteiger partial charge in [0.1, 0.15) is 11.6 Å². The molecule has 0 radical (unpaired) electrons. The standard InChI is InChI=1S/C17H20N2O5/c1-10(2)8-13(16(21)23-3)19-17(22)18-12-5-6-14-11(9-12)4-7-15(20)24-14/h4-7,9-10,13H,8H2,1-3H3,(H2,18,19,22). The lowest BCUT2D eigenvalue weighted by Gasteiger charge is -2.18. The average Bonchev–Trinajstić information content (AvgIpc) is 2.53. The highest BCUT2D eigenvalue weighted by molar-refractivity contribution is 5.94. The van der Waals surface area contributed by atoms with Crippen LogP contribution in [0, 0.1) is 5.92 Å². The van der Waals surface area contributed by atoms with E-state index < -0.39 is 23.7 Å². The molecule has 1 unspecified atom stereocenters. The number of hydrogen-bond donors (Lipinski definition) is 2. The fraction of sp³-hybridized carbons (Fsp3) is 0.353. The predicted molar refractivity (Wildman–Crippen MR) is 89.9 cm³/mol. The van der Waals surface area contributed by atoms with Gasteiger partial charge in [-0.15, -0.1) is 0 Å². The topological polar surface area (TPSA) is 97.6 Å². The van der Waals surface area contributed by atoms with Crippen molar-refractivity contribution in [3.05, 3.63) is 40.8 Å². The molecule has 0 saturated heterocycles. The van der Waals surface area contributed by atoms with Gasteiger partial charge in [-0.25, -0.2) is 14.4 Å². The van der Waals surface area contributed by atoms with Crippen molar-refractivity contribution in [1.82, 2.24) is 5.32 Å². The first kappa shape index (κ1) is 17.5. The zero-order chi connectivity index (χ0) is 17.7. The summed E-state index contributed by atoms with van der Waals surface area (Å²) in [5.74, 6) is -0.267. The monoisotopic (exact) mass is 332 g/mol. The number of benzene rings is 1. The number of fused-ring (bicyclic) bond motifs is 1. The minimum absolute atomic E-state index is 0.220. The van der Waals surface area contributed by atoms with Crippen LogP contribution >= 0.6 is 0 Å². The van der Waals surface area contributed by atoms with Gasteiger partial charge in [0.15, 0.2) is 0 Å². The molecule has 1 aromatic carbocycles. The molecule has 1 heterocycles. The highest BCUT2D eigenvalue weighted by Crippen LogP contribution is 2.17. The maximum atomic E-state index is 12.1. The lowest BCUT2D eigenvalue weighted by atomic mass is 10.0. The number of carbonyl (C=O) groups is 2. The number of nitrogens with one attached hydrogen (secondary N) is 2. The van der Waals surface area contributed by atoms with E-state index in [1.165, 1.54) is 13.2 Å². The number of rotatable bonds is 5. The number of esters is 1. The Balaban J connectivity index is 2.09. The van der Waals surface area contributed by atoms with Crippen molar-refractivity contribution in [1.29, 1.82) is 0 Å². The van der Waals surface area contributed by atoms with Crippen LogP contribution in [0.1, 0.15) is 20.3 Å². The Morgan fingerprint density at radius 2 is 1.96 bits per heavy atom. The normalized spacial score (nSPS) is 12.0. The van der Waals surface area contributed by atoms with E-state index in [0.717, 1.165) is 0 Å². The number of methoxy groups -OCH3 is 1. The number of amides is 2. The zero-order valence-electron chi connectivity index (χ0n) is 13.8. The van der Waals surface area contributed by atoms with Gasteiger partial charge in [0, 0.05) is 17.1 Å². The van der Waals surface area contributed by atoms with Crippen molar-refractivity contribution in [2.75, 3.05) is 12.4 Å². The molecule has 0 aliphatic rings. The van der Waals surface area contributed by atoms with Gasteiger partial charge >= 0.3 is 17.6 Å². The fourth-order valence-corrected chi connectivity index (χ4v) is 2.30. The molecule has 7 heteroatoms. The van der Waals surface area contributed by atoms with E-state index in [1.54, 1.807) is 24.3 Å². The third-order valence-corrected chi connectivity index (χ3v) is 3.38. The number of hydrogen-bond acceptors (Lipinski definition) is 5. The lowest BCUT2D eigenvalue weighted by Crippen LogP contribution is -2.44. The van der Waals surface area contributed by atoms with Crippen molar-refractivity contribution in [3.63, 3.8) is 0 Å². The van der Waals surface area contributed by atoms with Crippen LogP contribution in [-0.4, -0.2) is 25.2 Å². The van der Waals surface area contributed by atoms with Crippen molar-refractivity contribution < 1.29 is 18.7 Å². The second-order valence-corrected chi connectivity index (χ2v) is 5.81. The van der Waals surface area contributed by atoms with Gasteiger partial charge in [0.2, 0.25) is 0 Å². The summed E-state index contributed by atoms with van der Waals surface area (Å²) >= 11 is 0. The summed E-state index contributed by atoms with van der Waals surface area (Å²) in [6.07, 6.45) is 0.475. The highest BCUT2D eigenvalue weighted by Gasteiger charge is 2.22. The molecule has 0 fully saturated rings. The summed E-state index contributed by atoms with van der Waals surface area (Å²) in [7, 11) is 1.28. The minimum Gasteiger partial charge on any atom is -0.467 e. The van der Waals surface area contributed by atoms with Crippen LogP contribution in [0.4, 0.5) is 10.5 Å². The van der Waals surface area contributed by atoms with Gasteiger partial charge in [-0.1, -0.05) is 13.8 Å². The van der Waals surface area contributed by atoms with Crippen LogP contribution in [0.25, 0.3) is 11.0 Å². The summed E-state index contributed by atoms with van der Waals surface area (Å²) in [6, 6.07) is 6.57. The molecule has 2 rings (SSSR count). The van der Waals surface area contributed by atoms with E-state index >= 15 is 0 Å². The molecule has 0 bridgehead atoms. The van der Waals surface area contributed by atoms with E-state index in [0.29, 0.717) is 23.1 Å². The van der Waals surface area contributed by atoms with Gasteiger partial charge < -0.3 is 19.8 Å². The van der Waals surface area contributed by atoms with Gasteiger partial charge in [-0.3, -0.25) is 0 Å². The Morgan fingerprint density at radius 1 is 1.21 bits per heavy atom. The molecule has 0 aliphatic heterocycles. The zero-order valence-corrected chi connectivity index (χ0v) is 13.8. The Bertz CT molecular complexity index is 797. The highest BCUT2D eigenvalue weighted by atomic mass is 16.5. The Kier molecular flexibility index (Phi) is 5.57. The quantitative estimate of drug-likeness (QED) is 0.647. The average molecular weight is 332 g/mol. The first-order chi connectivity index (χ1) is 11.4. The van der Waals surface area contributed by atoms with E-state index in [4.69, 9.17) is 9.15 Å². The van der Waals surface area contributed by atoms with E-state index in [9.17, 15) is 14.4 Å². The van der Waals surface area contributed by atoms with Crippen LogP contribution in [0.15, 0.2) is 39.5 Å². The van der Waals surface area contributed by atoms with Crippen molar-refractivity contribution in [3.8, 4) is 0 Å². The predicted octanol–water partition coefficient (Wildman–Crippen LogP) is 2.50. The van der Waals surface area contributed by atoms with Crippen LogP contribution in [0.5, 0.6) is 0 Å². The van der Waals surface area contributed by atoms with Crippen molar-refractivity contribution in [2.45, 2.75) is 26.3 Å². The van der Waals surface area contributed by atoms with Crippen molar-refractivity contribution in [2.24, 2.45) is 5.92 Å². The van der Waals surface area contributed by atoms with Crippen LogP contribution in [-0.2, 0) is 9.53 Å². The maximum Gasteiger partial charge on any atom is 0.336 e. The molecule has 0 spiro atoms. The Morgan fingerprint density at radius 3 is 2.62 bits per heavy atom. The SMILES string of the molecule is COC(=O)C(CC(C)C)NC(=O)Nc1ccc2oc(=O)ccc2c1. The lowest BCUT2D eigenvalue weighted by molar-refractivity contribution is -0.143. The number of urea groups is 1. The second kappa shape index (κ2) is 7.63. The maximum absolute atomic E-state index is 12.1. The van der Waals surface area contributed by atoms with Gasteiger partial charge in [0.25, 0.3) is 0 Å². The molecule has 7 nitrogen and oxygen atoms in total. The Labute approximate surface area is 139 Å². The summed E-state index contributed by atoms with van der Waals surface area (Å²) < 4.78 is 9.74. The fourth-order valence-electron chi connectivity index (χ4n) is 2.30. The van der Waals surface area contributed by atoms with Crippen LogP contribution in [0.3, 0.4) is 0 Å².